The van der Waals surface area contributed by atoms with Crippen LogP contribution in [-0.4, -0.2) is 50.2 Å². The number of nitrogens with zero attached hydrogens (tertiary/aromatic N) is 7. The smallest absolute Gasteiger partial charge is 0.267 e. The molecule has 0 aliphatic carbocycles. The van der Waals surface area contributed by atoms with Crippen LogP contribution in [0.1, 0.15) is 40.7 Å². The first kappa shape index (κ1) is 22.2. The first-order valence-electron chi connectivity index (χ1n) is 11.0. The average molecular weight is 467 g/mol. The number of rotatable bonds is 3. The topological polar surface area (TPSA) is 102 Å². The lowest BCUT2D eigenvalue weighted by atomic mass is 10.0. The van der Waals surface area contributed by atoms with E-state index in [0.29, 0.717) is 25.5 Å². The summed E-state index contributed by atoms with van der Waals surface area (Å²) in [5.41, 5.74) is 2.72. The van der Waals surface area contributed by atoms with E-state index in [1.54, 1.807) is 10.7 Å². The third kappa shape index (κ3) is 3.84. The van der Waals surface area contributed by atoms with Gasteiger partial charge in [0, 0.05) is 30.2 Å². The van der Waals surface area contributed by atoms with Gasteiger partial charge in [0.15, 0.2) is 12.1 Å². The Morgan fingerprint density at radius 1 is 1.21 bits per heavy atom. The molecule has 3 unspecified atom stereocenters. The molecule has 0 N–H and O–H groups in total. The van der Waals surface area contributed by atoms with Crippen molar-refractivity contribution in [1.82, 2.24) is 24.5 Å². The van der Waals surface area contributed by atoms with Crippen LogP contribution in [0.4, 0.5) is 14.6 Å². The largest absolute Gasteiger partial charge is 0.376 e. The van der Waals surface area contributed by atoms with E-state index < -0.39 is 24.1 Å². The van der Waals surface area contributed by atoms with E-state index in [9.17, 15) is 10.1 Å². The minimum absolute atomic E-state index is 0.119. The van der Waals surface area contributed by atoms with Gasteiger partial charge < -0.3 is 9.64 Å². The standard InChI is InChI=1S/C23H23F2N7O2/c1-13-7-14(2)31(28-13)21-3-4-22(33)32(29-21)19-9-20(25)30(11-17(19)24)23-15(10-26)8-16-12-34-6-5-18(16)27-23/h3-4,7-8,17,19-20H,5-6,9,11-12H2,1-2H3. The summed E-state index contributed by atoms with van der Waals surface area (Å²) in [5, 5.41) is 18.3. The zero-order chi connectivity index (χ0) is 24.0. The van der Waals surface area contributed by atoms with Gasteiger partial charge in [0.05, 0.1) is 42.8 Å². The fraction of sp³-hybridized carbons (Fsp3) is 0.435. The van der Waals surface area contributed by atoms with Gasteiger partial charge in [0.2, 0.25) is 0 Å². The van der Waals surface area contributed by atoms with Gasteiger partial charge in [-0.25, -0.2) is 23.1 Å². The molecule has 0 bridgehead atoms. The van der Waals surface area contributed by atoms with Crippen molar-refractivity contribution in [2.24, 2.45) is 0 Å². The second-order valence-corrected chi connectivity index (χ2v) is 8.60. The lowest BCUT2D eigenvalue weighted by molar-refractivity contribution is 0.108. The molecule has 2 aliphatic heterocycles. The van der Waals surface area contributed by atoms with E-state index in [1.807, 2.05) is 26.0 Å². The Kier molecular flexibility index (Phi) is 5.61. The summed E-state index contributed by atoms with van der Waals surface area (Å²) in [4.78, 5) is 18.2. The second kappa shape index (κ2) is 8.61. The van der Waals surface area contributed by atoms with E-state index >= 15 is 8.78 Å². The summed E-state index contributed by atoms with van der Waals surface area (Å²) in [5.74, 6) is 0.467. The highest BCUT2D eigenvalue weighted by Gasteiger charge is 2.40. The zero-order valence-electron chi connectivity index (χ0n) is 18.8. The van der Waals surface area contributed by atoms with E-state index in [-0.39, 0.29) is 24.3 Å². The second-order valence-electron chi connectivity index (χ2n) is 8.60. The molecule has 0 saturated carbocycles. The molecule has 1 saturated heterocycles. The molecule has 2 aliphatic rings. The van der Waals surface area contributed by atoms with E-state index in [4.69, 9.17) is 4.74 Å². The van der Waals surface area contributed by atoms with E-state index in [0.717, 1.165) is 27.3 Å². The predicted octanol–water partition coefficient (Wildman–Crippen LogP) is 2.47. The van der Waals surface area contributed by atoms with Crippen molar-refractivity contribution in [3.63, 3.8) is 0 Å². The Hall–Kier alpha value is -3.65. The van der Waals surface area contributed by atoms with E-state index in [2.05, 4.69) is 15.2 Å². The number of halogens is 2. The van der Waals surface area contributed by atoms with Crippen molar-refractivity contribution in [1.29, 1.82) is 5.26 Å². The summed E-state index contributed by atoms with van der Waals surface area (Å²) >= 11 is 0. The lowest BCUT2D eigenvalue weighted by Crippen LogP contribution is -2.50. The van der Waals surface area contributed by atoms with Crippen LogP contribution in [0.5, 0.6) is 0 Å². The minimum atomic E-state index is -1.65. The first-order valence-corrected chi connectivity index (χ1v) is 11.0. The lowest BCUT2D eigenvalue weighted by Gasteiger charge is -2.38. The number of nitriles is 1. The van der Waals surface area contributed by atoms with Crippen molar-refractivity contribution in [3.8, 4) is 11.9 Å². The number of anilines is 1. The van der Waals surface area contributed by atoms with Crippen LogP contribution in [0.15, 0.2) is 29.1 Å². The van der Waals surface area contributed by atoms with Crippen molar-refractivity contribution in [2.75, 3.05) is 18.1 Å². The highest BCUT2D eigenvalue weighted by molar-refractivity contribution is 5.57. The Morgan fingerprint density at radius 3 is 2.76 bits per heavy atom. The van der Waals surface area contributed by atoms with Gasteiger partial charge >= 0.3 is 0 Å². The van der Waals surface area contributed by atoms with Gasteiger partial charge in [-0.2, -0.15) is 10.4 Å². The van der Waals surface area contributed by atoms with Crippen LogP contribution in [-0.2, 0) is 17.8 Å². The molecule has 11 heteroatoms. The normalized spacial score (nSPS) is 22.3. The Balaban J connectivity index is 1.46. The third-order valence-corrected chi connectivity index (χ3v) is 6.22. The quantitative estimate of drug-likeness (QED) is 0.546. The van der Waals surface area contributed by atoms with Crippen molar-refractivity contribution >= 4 is 5.82 Å². The van der Waals surface area contributed by atoms with Gasteiger partial charge in [-0.05, 0) is 32.0 Å². The monoisotopic (exact) mass is 467 g/mol. The molecular formula is C23H23F2N7O2. The molecule has 3 aromatic heterocycles. The molecule has 34 heavy (non-hydrogen) atoms. The molecule has 5 rings (SSSR count). The molecule has 3 atom stereocenters. The van der Waals surface area contributed by atoms with Crippen LogP contribution in [0, 0.1) is 25.2 Å². The highest BCUT2D eigenvalue weighted by Crippen LogP contribution is 2.34. The number of aromatic nitrogens is 5. The summed E-state index contributed by atoms with van der Waals surface area (Å²) < 4.78 is 38.9. The Labute approximate surface area is 194 Å². The van der Waals surface area contributed by atoms with Crippen LogP contribution in [0.3, 0.4) is 0 Å². The summed E-state index contributed by atoms with van der Waals surface area (Å²) in [6.45, 7) is 4.14. The molecule has 0 spiro atoms. The van der Waals surface area contributed by atoms with Gasteiger partial charge in [-0.3, -0.25) is 4.79 Å². The number of aryl methyl sites for hydroxylation is 2. The maximum atomic E-state index is 15.5. The number of pyridine rings is 1. The van der Waals surface area contributed by atoms with Gasteiger partial charge in [0.25, 0.3) is 5.56 Å². The minimum Gasteiger partial charge on any atom is -0.376 e. The fourth-order valence-corrected chi connectivity index (χ4v) is 4.57. The Bertz CT molecular complexity index is 1350. The van der Waals surface area contributed by atoms with Crippen LogP contribution in [0.25, 0.3) is 5.82 Å². The summed E-state index contributed by atoms with van der Waals surface area (Å²) in [7, 11) is 0. The van der Waals surface area contributed by atoms with Gasteiger partial charge in [-0.15, -0.1) is 5.10 Å². The maximum absolute atomic E-state index is 15.5. The fourth-order valence-electron chi connectivity index (χ4n) is 4.57. The zero-order valence-corrected chi connectivity index (χ0v) is 18.8. The van der Waals surface area contributed by atoms with Crippen LogP contribution >= 0.6 is 0 Å². The summed E-state index contributed by atoms with van der Waals surface area (Å²) in [6, 6.07) is 7.21. The van der Waals surface area contributed by atoms with Crippen LogP contribution in [0.2, 0.25) is 0 Å². The predicted molar refractivity (Wildman–Crippen MR) is 118 cm³/mol. The molecule has 0 aromatic carbocycles. The molecule has 1 fully saturated rings. The van der Waals surface area contributed by atoms with Crippen molar-refractivity contribution in [2.45, 2.75) is 51.8 Å². The number of fused-ring (bicyclic) bond motifs is 1. The van der Waals surface area contributed by atoms with E-state index in [1.165, 1.54) is 17.0 Å². The molecule has 0 amide bonds. The SMILES string of the molecule is Cc1cc(C)n(-c2ccc(=O)n(C3CC(F)N(c4nc5c(cc4C#N)COCC5)CC3F)n2)n1. The van der Waals surface area contributed by atoms with Crippen LogP contribution < -0.4 is 10.5 Å². The summed E-state index contributed by atoms with van der Waals surface area (Å²) in [6.07, 6.45) is -3.04. The molecular weight excluding hydrogens is 444 g/mol. The molecule has 5 heterocycles. The number of hydrogen-bond donors (Lipinski definition) is 0. The van der Waals surface area contributed by atoms with Crippen molar-refractivity contribution in [3.05, 3.63) is 62.8 Å². The number of piperidine rings is 1. The Morgan fingerprint density at radius 2 is 2.03 bits per heavy atom. The van der Waals surface area contributed by atoms with Gasteiger partial charge in [-0.1, -0.05) is 0 Å². The number of alkyl halides is 2. The average Bonchev–Trinajstić information content (AvgIpc) is 3.17. The maximum Gasteiger partial charge on any atom is 0.267 e. The number of ether oxygens (including phenoxy) is 1. The molecule has 176 valence electrons. The highest BCUT2D eigenvalue weighted by atomic mass is 19.1. The molecule has 3 aromatic rings. The first-order chi connectivity index (χ1) is 16.4. The van der Waals surface area contributed by atoms with Gasteiger partial charge in [0.1, 0.15) is 18.1 Å². The van der Waals surface area contributed by atoms with Crippen molar-refractivity contribution < 1.29 is 13.5 Å². The number of hydrogen-bond acceptors (Lipinski definition) is 7. The third-order valence-electron chi connectivity index (χ3n) is 6.22. The molecule has 9 nitrogen and oxygen atoms in total. The molecule has 0 radical (unpaired) electrons.